The zero-order chi connectivity index (χ0) is 17.9. The van der Waals surface area contributed by atoms with Crippen molar-refractivity contribution in [1.82, 2.24) is 0 Å². The summed E-state index contributed by atoms with van der Waals surface area (Å²) in [6.07, 6.45) is 0. The van der Waals surface area contributed by atoms with Gasteiger partial charge in [0.15, 0.2) is 0 Å². The van der Waals surface area contributed by atoms with Gasteiger partial charge in [-0.2, -0.15) is 8.78 Å². The average molecular weight is 363 g/mol. The lowest BCUT2D eigenvalue weighted by molar-refractivity contribution is 0.0480. The largest absolute Gasteiger partial charge is 0.299 e. The van der Waals surface area contributed by atoms with Crippen LogP contribution in [0.3, 0.4) is 0 Å². The lowest BCUT2D eigenvalue weighted by Crippen LogP contribution is -2.10. The Morgan fingerprint density at radius 1 is 0.615 bits per heavy atom. The van der Waals surface area contributed by atoms with Crippen LogP contribution in [-0.2, 0) is 5.92 Å². The van der Waals surface area contributed by atoms with Crippen LogP contribution in [0.15, 0.2) is 78.9 Å². The fourth-order valence-electron chi connectivity index (χ4n) is 3.86. The van der Waals surface area contributed by atoms with Gasteiger partial charge in [-0.1, -0.05) is 78.3 Å². The van der Waals surface area contributed by atoms with Crippen molar-refractivity contribution in [2.75, 3.05) is 0 Å². The average Bonchev–Trinajstić information content (AvgIpc) is 2.90. The number of hydrogen-bond acceptors (Lipinski definition) is 0. The summed E-state index contributed by atoms with van der Waals surface area (Å²) in [7, 11) is 0. The van der Waals surface area contributed by atoms with Crippen LogP contribution >= 0.6 is 11.6 Å². The van der Waals surface area contributed by atoms with E-state index in [4.69, 9.17) is 11.6 Å². The molecule has 0 aliphatic heterocycles. The minimum Gasteiger partial charge on any atom is -0.196 e. The fourth-order valence-corrected chi connectivity index (χ4v) is 4.09. The monoisotopic (exact) mass is 362 g/mol. The number of rotatable bonds is 1. The predicted molar refractivity (Wildman–Crippen MR) is 103 cm³/mol. The van der Waals surface area contributed by atoms with Gasteiger partial charge in [0.05, 0.1) is 0 Å². The molecule has 1 aliphatic rings. The number of hydrogen-bond donors (Lipinski definition) is 0. The van der Waals surface area contributed by atoms with Crippen molar-refractivity contribution in [3.8, 4) is 22.3 Å². The Labute approximate surface area is 154 Å². The molecule has 126 valence electrons. The summed E-state index contributed by atoms with van der Waals surface area (Å²) in [5, 5.41) is 2.53. The highest BCUT2D eigenvalue weighted by Gasteiger charge is 2.44. The topological polar surface area (TPSA) is 0 Å². The van der Waals surface area contributed by atoms with Gasteiger partial charge >= 0.3 is 0 Å². The van der Waals surface area contributed by atoms with Crippen molar-refractivity contribution < 1.29 is 8.78 Å². The van der Waals surface area contributed by atoms with Crippen molar-refractivity contribution in [1.29, 1.82) is 0 Å². The summed E-state index contributed by atoms with van der Waals surface area (Å²) < 4.78 is 30.0. The zero-order valence-electron chi connectivity index (χ0n) is 13.6. The Hall–Kier alpha value is -2.71. The van der Waals surface area contributed by atoms with Gasteiger partial charge in [0.25, 0.3) is 5.92 Å². The standard InChI is InChI=1S/C23H13ClF2/c24-22-12-11-15(16-5-1-2-7-19(16)22)14-9-10-18-17-6-3-4-8-20(17)23(25,26)21(18)13-14/h1-13H. The molecule has 4 aromatic rings. The van der Waals surface area contributed by atoms with Crippen LogP contribution in [0.5, 0.6) is 0 Å². The second-order valence-electron chi connectivity index (χ2n) is 6.52. The maximum Gasteiger partial charge on any atom is 0.299 e. The van der Waals surface area contributed by atoms with Crippen molar-refractivity contribution in [3.05, 3.63) is 95.0 Å². The third-order valence-electron chi connectivity index (χ3n) is 5.10. The van der Waals surface area contributed by atoms with Crippen molar-refractivity contribution in [2.24, 2.45) is 0 Å². The van der Waals surface area contributed by atoms with Crippen molar-refractivity contribution in [3.63, 3.8) is 0 Å². The Morgan fingerprint density at radius 3 is 2.12 bits per heavy atom. The van der Waals surface area contributed by atoms with E-state index in [1.165, 1.54) is 6.07 Å². The Bertz CT molecular complexity index is 1180. The number of halogens is 3. The molecule has 0 nitrogen and oxygen atoms in total. The van der Waals surface area contributed by atoms with Crippen LogP contribution < -0.4 is 0 Å². The van der Waals surface area contributed by atoms with E-state index >= 15 is 0 Å². The van der Waals surface area contributed by atoms with E-state index in [2.05, 4.69) is 0 Å². The molecular formula is C23H13ClF2. The summed E-state index contributed by atoms with van der Waals surface area (Å²) in [4.78, 5) is 0. The highest BCUT2D eigenvalue weighted by molar-refractivity contribution is 6.36. The van der Waals surface area contributed by atoms with Crippen molar-refractivity contribution >= 4 is 22.4 Å². The first-order valence-corrected chi connectivity index (χ1v) is 8.75. The van der Waals surface area contributed by atoms with Crippen LogP contribution in [0.2, 0.25) is 5.02 Å². The van der Waals surface area contributed by atoms with Gasteiger partial charge in [-0.3, -0.25) is 0 Å². The van der Waals surface area contributed by atoms with E-state index in [-0.39, 0.29) is 11.1 Å². The minimum absolute atomic E-state index is 0.0650. The van der Waals surface area contributed by atoms with Crippen LogP contribution in [0.1, 0.15) is 11.1 Å². The Balaban J connectivity index is 1.76. The van der Waals surface area contributed by atoms with E-state index in [1.807, 2.05) is 42.5 Å². The van der Waals surface area contributed by atoms with Crippen LogP contribution in [0.25, 0.3) is 33.0 Å². The first-order chi connectivity index (χ1) is 12.6. The molecule has 4 aromatic carbocycles. The molecular weight excluding hydrogens is 350 g/mol. The second-order valence-corrected chi connectivity index (χ2v) is 6.93. The van der Waals surface area contributed by atoms with Crippen LogP contribution in [0.4, 0.5) is 8.78 Å². The molecule has 0 atom stereocenters. The van der Waals surface area contributed by atoms with Gasteiger partial charge < -0.3 is 0 Å². The van der Waals surface area contributed by atoms with Gasteiger partial charge in [-0.25, -0.2) is 0 Å². The smallest absolute Gasteiger partial charge is 0.196 e. The number of fused-ring (bicyclic) bond motifs is 4. The summed E-state index contributed by atoms with van der Waals surface area (Å²) in [6, 6.07) is 23.5. The number of alkyl halides is 2. The Morgan fingerprint density at radius 2 is 1.27 bits per heavy atom. The third-order valence-corrected chi connectivity index (χ3v) is 5.42. The zero-order valence-corrected chi connectivity index (χ0v) is 14.4. The van der Waals surface area contributed by atoms with Gasteiger partial charge in [0, 0.05) is 21.5 Å². The molecule has 1 aliphatic carbocycles. The first-order valence-electron chi connectivity index (χ1n) is 8.37. The SMILES string of the molecule is FC1(F)c2ccccc2-c2ccc(-c3ccc(Cl)c4ccccc34)cc21. The van der Waals surface area contributed by atoms with E-state index < -0.39 is 5.92 Å². The molecule has 3 heteroatoms. The van der Waals surface area contributed by atoms with Gasteiger partial charge in [0.2, 0.25) is 0 Å². The molecule has 0 fully saturated rings. The normalized spacial score (nSPS) is 14.3. The third kappa shape index (κ3) is 2.06. The van der Waals surface area contributed by atoms with Crippen LogP contribution in [0, 0.1) is 0 Å². The molecule has 0 radical (unpaired) electrons. The molecule has 0 saturated heterocycles. The molecule has 0 aromatic heterocycles. The lowest BCUT2D eigenvalue weighted by Gasteiger charge is -2.14. The molecule has 5 rings (SSSR count). The highest BCUT2D eigenvalue weighted by Crippen LogP contribution is 2.51. The van der Waals surface area contributed by atoms with Gasteiger partial charge in [-0.05, 0) is 39.8 Å². The fraction of sp³-hybridized carbons (Fsp3) is 0.0435. The quantitative estimate of drug-likeness (QED) is 0.333. The summed E-state index contributed by atoms with van der Waals surface area (Å²) >= 11 is 6.30. The van der Waals surface area contributed by atoms with E-state index in [0.717, 1.165) is 21.9 Å². The second kappa shape index (κ2) is 5.39. The highest BCUT2D eigenvalue weighted by atomic mass is 35.5. The maximum absolute atomic E-state index is 15.0. The Kier molecular flexibility index (Phi) is 3.22. The molecule has 26 heavy (non-hydrogen) atoms. The summed E-state index contributed by atoms with van der Waals surface area (Å²) in [5.74, 6) is -2.98. The van der Waals surface area contributed by atoms with Gasteiger partial charge in [0.1, 0.15) is 0 Å². The molecule has 0 N–H and O–H groups in total. The number of benzene rings is 4. The van der Waals surface area contributed by atoms with Crippen molar-refractivity contribution in [2.45, 2.75) is 5.92 Å². The molecule has 0 heterocycles. The molecule has 0 bridgehead atoms. The summed E-state index contributed by atoms with van der Waals surface area (Å²) in [5.41, 5.74) is 3.03. The van der Waals surface area contributed by atoms with Gasteiger partial charge in [-0.15, -0.1) is 0 Å². The minimum atomic E-state index is -2.98. The molecule has 0 unspecified atom stereocenters. The maximum atomic E-state index is 15.0. The first kappa shape index (κ1) is 15.5. The predicted octanol–water partition coefficient (Wildman–Crippen LogP) is 7.28. The van der Waals surface area contributed by atoms with Crippen LogP contribution in [-0.4, -0.2) is 0 Å². The molecule has 0 saturated carbocycles. The lowest BCUT2D eigenvalue weighted by atomic mass is 9.94. The van der Waals surface area contributed by atoms with E-state index in [0.29, 0.717) is 16.1 Å². The molecule has 0 amide bonds. The van der Waals surface area contributed by atoms with E-state index in [9.17, 15) is 8.78 Å². The summed E-state index contributed by atoms with van der Waals surface area (Å²) in [6.45, 7) is 0. The molecule has 0 spiro atoms. The van der Waals surface area contributed by atoms with E-state index in [1.54, 1.807) is 30.3 Å².